The molecule has 0 saturated heterocycles. The highest BCUT2D eigenvalue weighted by Gasteiger charge is 2.25. The number of carbonyl (C=O) groups is 1. The maximum Gasteiger partial charge on any atom is 0.251 e. The Hall–Kier alpha value is -2.43. The first-order valence-corrected chi connectivity index (χ1v) is 10.3. The van der Waals surface area contributed by atoms with Crippen LogP contribution in [-0.2, 0) is 13.0 Å². The van der Waals surface area contributed by atoms with Crippen molar-refractivity contribution >= 4 is 17.2 Å². The molecule has 0 saturated carbocycles. The van der Waals surface area contributed by atoms with Gasteiger partial charge in [0.05, 0.1) is 6.04 Å². The summed E-state index contributed by atoms with van der Waals surface area (Å²) in [5.41, 5.74) is 6.00. The average Bonchev–Trinajstić information content (AvgIpc) is 3.23. The van der Waals surface area contributed by atoms with Crippen molar-refractivity contribution in [3.8, 4) is 0 Å². The van der Waals surface area contributed by atoms with E-state index in [0.29, 0.717) is 12.1 Å². The Balaban J connectivity index is 1.49. The van der Waals surface area contributed by atoms with Crippen molar-refractivity contribution < 1.29 is 4.79 Å². The Morgan fingerprint density at radius 3 is 2.63 bits per heavy atom. The molecule has 138 valence electrons. The zero-order chi connectivity index (χ0) is 18.6. The minimum Gasteiger partial charge on any atom is -0.350 e. The van der Waals surface area contributed by atoms with Crippen LogP contribution in [0.5, 0.6) is 0 Å². The van der Waals surface area contributed by atoms with Crippen LogP contribution in [0.25, 0.3) is 0 Å². The Kier molecular flexibility index (Phi) is 5.37. The van der Waals surface area contributed by atoms with Gasteiger partial charge >= 0.3 is 0 Å². The van der Waals surface area contributed by atoms with Crippen molar-refractivity contribution in [2.45, 2.75) is 25.9 Å². The topological polar surface area (TPSA) is 32.3 Å². The first-order chi connectivity index (χ1) is 13.2. The molecule has 4 rings (SSSR count). The van der Waals surface area contributed by atoms with Gasteiger partial charge in [0.1, 0.15) is 0 Å². The van der Waals surface area contributed by atoms with E-state index >= 15 is 0 Å². The molecule has 1 amide bonds. The summed E-state index contributed by atoms with van der Waals surface area (Å²) >= 11 is 1.71. The lowest BCUT2D eigenvalue weighted by molar-refractivity contribution is 0.0928. The lowest BCUT2D eigenvalue weighted by Crippen LogP contribution is -2.40. The molecule has 1 aliphatic rings. The van der Waals surface area contributed by atoms with Gasteiger partial charge in [-0.15, -0.1) is 0 Å². The summed E-state index contributed by atoms with van der Waals surface area (Å²) in [5, 5.41) is 7.46. The molecule has 1 N–H and O–H groups in total. The van der Waals surface area contributed by atoms with E-state index in [1.807, 2.05) is 31.2 Å². The van der Waals surface area contributed by atoms with Gasteiger partial charge in [-0.25, -0.2) is 0 Å². The van der Waals surface area contributed by atoms with Gasteiger partial charge in [0, 0.05) is 25.2 Å². The SMILES string of the molecule is Cc1ccc(C(=O)NCC(c2ccsc2)N2CCc3ccccc3C2)cc1. The van der Waals surface area contributed by atoms with Crippen molar-refractivity contribution in [1.82, 2.24) is 10.2 Å². The van der Waals surface area contributed by atoms with Crippen LogP contribution in [0.1, 0.15) is 38.7 Å². The van der Waals surface area contributed by atoms with Gasteiger partial charge in [-0.3, -0.25) is 9.69 Å². The number of hydrogen-bond acceptors (Lipinski definition) is 3. The number of nitrogens with one attached hydrogen (secondary N) is 1. The lowest BCUT2D eigenvalue weighted by atomic mass is 9.97. The van der Waals surface area contributed by atoms with Gasteiger partial charge < -0.3 is 5.32 Å². The monoisotopic (exact) mass is 376 g/mol. The molecule has 3 aromatic rings. The minimum atomic E-state index is -0.00682. The Bertz CT molecular complexity index is 902. The summed E-state index contributed by atoms with van der Waals surface area (Å²) in [5.74, 6) is -0.00682. The molecule has 0 aliphatic carbocycles. The maximum atomic E-state index is 12.6. The van der Waals surface area contributed by atoms with Gasteiger partial charge in [-0.05, 0) is 59.0 Å². The molecule has 2 heterocycles. The molecule has 1 aromatic heterocycles. The third-order valence-corrected chi connectivity index (χ3v) is 6.00. The summed E-state index contributed by atoms with van der Waals surface area (Å²) in [6.07, 6.45) is 1.06. The van der Waals surface area contributed by atoms with Gasteiger partial charge in [-0.1, -0.05) is 42.0 Å². The fourth-order valence-corrected chi connectivity index (χ4v) is 4.41. The second kappa shape index (κ2) is 8.07. The maximum absolute atomic E-state index is 12.6. The fraction of sp³-hybridized carbons (Fsp3) is 0.261. The van der Waals surface area contributed by atoms with Gasteiger partial charge in [-0.2, -0.15) is 11.3 Å². The molecule has 2 aromatic carbocycles. The molecule has 0 spiro atoms. The highest BCUT2D eigenvalue weighted by molar-refractivity contribution is 7.07. The third kappa shape index (κ3) is 4.12. The second-order valence-electron chi connectivity index (χ2n) is 7.14. The quantitative estimate of drug-likeness (QED) is 0.707. The van der Waals surface area contributed by atoms with E-state index < -0.39 is 0 Å². The number of nitrogens with zero attached hydrogens (tertiary/aromatic N) is 1. The zero-order valence-electron chi connectivity index (χ0n) is 15.5. The van der Waals surface area contributed by atoms with E-state index in [-0.39, 0.29) is 11.9 Å². The molecule has 4 heteroatoms. The second-order valence-corrected chi connectivity index (χ2v) is 7.92. The molecule has 0 bridgehead atoms. The van der Waals surface area contributed by atoms with Crippen molar-refractivity contribution in [3.05, 3.63) is 93.2 Å². The van der Waals surface area contributed by atoms with Gasteiger partial charge in [0.2, 0.25) is 0 Å². The Morgan fingerprint density at radius 2 is 1.89 bits per heavy atom. The summed E-state index contributed by atoms with van der Waals surface area (Å²) < 4.78 is 0. The number of amides is 1. The largest absolute Gasteiger partial charge is 0.350 e. The van der Waals surface area contributed by atoms with E-state index in [9.17, 15) is 4.79 Å². The molecule has 1 aliphatic heterocycles. The number of rotatable bonds is 5. The van der Waals surface area contributed by atoms with Crippen molar-refractivity contribution in [2.24, 2.45) is 0 Å². The predicted molar refractivity (Wildman–Crippen MR) is 111 cm³/mol. The Morgan fingerprint density at radius 1 is 1.11 bits per heavy atom. The molecule has 1 unspecified atom stereocenters. The summed E-state index contributed by atoms with van der Waals surface area (Å²) in [4.78, 5) is 15.1. The number of aryl methyl sites for hydroxylation is 1. The van der Waals surface area contributed by atoms with Crippen LogP contribution in [-0.4, -0.2) is 23.9 Å². The normalized spacial score (nSPS) is 15.1. The fourth-order valence-electron chi connectivity index (χ4n) is 3.70. The van der Waals surface area contributed by atoms with Crippen molar-refractivity contribution in [3.63, 3.8) is 0 Å². The lowest BCUT2D eigenvalue weighted by Gasteiger charge is -2.35. The van der Waals surface area contributed by atoms with E-state index in [1.165, 1.54) is 16.7 Å². The number of benzene rings is 2. The minimum absolute atomic E-state index is 0.00682. The first kappa shape index (κ1) is 18.0. The Labute approximate surface area is 164 Å². The van der Waals surface area contributed by atoms with Crippen molar-refractivity contribution in [2.75, 3.05) is 13.1 Å². The summed E-state index contributed by atoms with van der Waals surface area (Å²) in [6, 6.07) is 18.8. The molecular formula is C23H24N2OS. The zero-order valence-corrected chi connectivity index (χ0v) is 16.3. The molecule has 3 nitrogen and oxygen atoms in total. The van der Waals surface area contributed by atoms with Crippen LogP contribution in [0, 0.1) is 6.92 Å². The summed E-state index contributed by atoms with van der Waals surface area (Å²) in [7, 11) is 0. The number of carbonyl (C=O) groups excluding carboxylic acids is 1. The van der Waals surface area contributed by atoms with E-state index in [4.69, 9.17) is 0 Å². The van der Waals surface area contributed by atoms with Crippen LogP contribution < -0.4 is 5.32 Å². The molecule has 1 atom stereocenters. The van der Waals surface area contributed by atoms with Crippen LogP contribution in [0.3, 0.4) is 0 Å². The van der Waals surface area contributed by atoms with Crippen LogP contribution >= 0.6 is 11.3 Å². The summed E-state index contributed by atoms with van der Waals surface area (Å²) in [6.45, 7) is 4.59. The van der Waals surface area contributed by atoms with Gasteiger partial charge in [0.15, 0.2) is 0 Å². The van der Waals surface area contributed by atoms with E-state index in [0.717, 1.165) is 25.1 Å². The number of hydrogen-bond donors (Lipinski definition) is 1. The number of fused-ring (bicyclic) bond motifs is 1. The van der Waals surface area contributed by atoms with Gasteiger partial charge in [0.25, 0.3) is 5.91 Å². The molecule has 0 fully saturated rings. The number of thiophene rings is 1. The average molecular weight is 377 g/mol. The molecular weight excluding hydrogens is 352 g/mol. The highest BCUT2D eigenvalue weighted by Crippen LogP contribution is 2.28. The third-order valence-electron chi connectivity index (χ3n) is 5.30. The van der Waals surface area contributed by atoms with Crippen LogP contribution in [0.2, 0.25) is 0 Å². The standard InChI is InChI=1S/C23H24N2OS/c1-17-6-8-19(9-7-17)23(26)24-14-22(21-11-13-27-16-21)25-12-10-18-4-2-3-5-20(18)15-25/h2-9,11,13,16,22H,10,12,14-15H2,1H3,(H,24,26). The first-order valence-electron chi connectivity index (χ1n) is 9.38. The highest BCUT2D eigenvalue weighted by atomic mass is 32.1. The van der Waals surface area contributed by atoms with Crippen molar-refractivity contribution in [1.29, 1.82) is 0 Å². The van der Waals surface area contributed by atoms with Crippen LogP contribution in [0.15, 0.2) is 65.4 Å². The predicted octanol–water partition coefficient (Wildman–Crippen LogP) is 4.59. The molecule has 0 radical (unpaired) electrons. The van der Waals surface area contributed by atoms with Crippen LogP contribution in [0.4, 0.5) is 0 Å². The smallest absolute Gasteiger partial charge is 0.251 e. The van der Waals surface area contributed by atoms with E-state index in [2.05, 4.69) is 51.3 Å². The van der Waals surface area contributed by atoms with E-state index in [1.54, 1.807) is 11.3 Å². The molecule has 27 heavy (non-hydrogen) atoms.